The van der Waals surface area contributed by atoms with Gasteiger partial charge in [0.1, 0.15) is 0 Å². The Morgan fingerprint density at radius 1 is 0.387 bits per heavy atom. The van der Waals surface area contributed by atoms with Gasteiger partial charge >= 0.3 is 0 Å². The highest BCUT2D eigenvalue weighted by Crippen LogP contribution is 2.08. The zero-order valence-electron chi connectivity index (χ0n) is 18.8. The number of aryl methyl sites for hydroxylation is 4. The van der Waals surface area contributed by atoms with E-state index >= 15 is 0 Å². The van der Waals surface area contributed by atoms with Gasteiger partial charge in [-0.25, -0.2) is 0 Å². The van der Waals surface area contributed by atoms with E-state index in [9.17, 15) is 0 Å². The Balaban J connectivity index is 1.89. The van der Waals surface area contributed by atoms with E-state index in [-0.39, 0.29) is 0 Å². The molecule has 0 amide bonds. The van der Waals surface area contributed by atoms with Gasteiger partial charge in [-0.05, 0) is 70.7 Å². The minimum atomic E-state index is -1.91. The molecule has 0 fully saturated rings. The molecule has 0 aliphatic carbocycles. The van der Waals surface area contributed by atoms with Gasteiger partial charge in [-0.3, -0.25) is 0 Å². The van der Waals surface area contributed by atoms with Gasteiger partial charge in [0.2, 0.25) is 18.1 Å². The molecule has 0 unspecified atom stereocenters. The Labute approximate surface area is 189 Å². The Morgan fingerprint density at radius 2 is 0.613 bits per heavy atom. The van der Waals surface area contributed by atoms with Gasteiger partial charge in [0.25, 0.3) is 0 Å². The quantitative estimate of drug-likeness (QED) is 0.420. The monoisotopic (exact) mass is 438 g/mol. The predicted octanol–water partition coefficient (Wildman–Crippen LogP) is 3.31. The topological polar surface area (TPSA) is 9.23 Å². The molecule has 0 radical (unpaired) electrons. The maximum atomic E-state index is 7.40. The van der Waals surface area contributed by atoms with E-state index < -0.39 is 18.1 Å². The molecule has 3 heteroatoms. The summed E-state index contributed by atoms with van der Waals surface area (Å²) in [6.07, 6.45) is 0. The third-order valence-electron chi connectivity index (χ3n) is 6.16. The average Bonchev–Trinajstić information content (AvgIpc) is 2.78. The van der Waals surface area contributed by atoms with Crippen LogP contribution in [0, 0.1) is 27.7 Å². The van der Waals surface area contributed by atoms with E-state index in [4.69, 9.17) is 4.12 Å². The van der Waals surface area contributed by atoms with Crippen molar-refractivity contribution in [2.75, 3.05) is 0 Å². The Kier molecular flexibility index (Phi) is 6.66. The molecule has 0 aliphatic heterocycles. The Hall–Kier alpha value is -2.73. The van der Waals surface area contributed by atoms with Crippen LogP contribution in [0.3, 0.4) is 0 Å². The molecular formula is C28H30OSi2. The predicted molar refractivity (Wildman–Crippen MR) is 139 cm³/mol. The van der Waals surface area contributed by atoms with Crippen LogP contribution in [0.15, 0.2) is 97.1 Å². The van der Waals surface area contributed by atoms with Crippen molar-refractivity contribution in [3.8, 4) is 0 Å². The number of rotatable bonds is 6. The van der Waals surface area contributed by atoms with Crippen molar-refractivity contribution < 1.29 is 4.12 Å². The summed E-state index contributed by atoms with van der Waals surface area (Å²) in [5.41, 5.74) is 5.30. The highest BCUT2D eigenvalue weighted by Gasteiger charge is 2.29. The maximum Gasteiger partial charge on any atom is 0.229 e. The third-order valence-corrected chi connectivity index (χ3v) is 13.2. The van der Waals surface area contributed by atoms with Gasteiger partial charge in [-0.2, -0.15) is 0 Å². The average molecular weight is 439 g/mol. The van der Waals surface area contributed by atoms with Gasteiger partial charge in [0, 0.05) is 0 Å². The second kappa shape index (κ2) is 9.60. The number of hydrogen-bond acceptors (Lipinski definition) is 1. The van der Waals surface area contributed by atoms with Crippen molar-refractivity contribution in [3.63, 3.8) is 0 Å². The first-order chi connectivity index (χ1) is 15.1. The number of hydrogen-bond donors (Lipinski definition) is 0. The molecular weight excluding hydrogens is 408 g/mol. The van der Waals surface area contributed by atoms with Crippen molar-refractivity contribution in [2.45, 2.75) is 27.7 Å². The lowest BCUT2D eigenvalue weighted by atomic mass is 10.2. The molecule has 0 atom stereocenters. The molecule has 4 aromatic rings. The molecule has 0 N–H and O–H groups in total. The summed E-state index contributed by atoms with van der Waals surface area (Å²) >= 11 is 0. The van der Waals surface area contributed by atoms with Gasteiger partial charge in [-0.15, -0.1) is 0 Å². The second-order valence-electron chi connectivity index (χ2n) is 8.32. The zero-order valence-corrected chi connectivity index (χ0v) is 21.1. The van der Waals surface area contributed by atoms with Crippen LogP contribution in [0.1, 0.15) is 22.3 Å². The fourth-order valence-electron chi connectivity index (χ4n) is 4.29. The van der Waals surface area contributed by atoms with Gasteiger partial charge < -0.3 is 4.12 Å². The van der Waals surface area contributed by atoms with E-state index in [1.54, 1.807) is 0 Å². The first kappa shape index (κ1) is 21.5. The summed E-state index contributed by atoms with van der Waals surface area (Å²) in [4.78, 5) is 0. The van der Waals surface area contributed by atoms with Crippen LogP contribution >= 0.6 is 0 Å². The van der Waals surface area contributed by atoms with Crippen LogP contribution in [0.2, 0.25) is 0 Å². The van der Waals surface area contributed by atoms with Crippen molar-refractivity contribution >= 4 is 38.8 Å². The van der Waals surface area contributed by atoms with E-state index in [2.05, 4.69) is 125 Å². The molecule has 156 valence electrons. The van der Waals surface area contributed by atoms with E-state index in [1.807, 2.05) is 0 Å². The van der Waals surface area contributed by atoms with Gasteiger partial charge in [0.15, 0.2) is 0 Å². The van der Waals surface area contributed by atoms with Crippen LogP contribution < -0.4 is 20.7 Å². The largest absolute Gasteiger partial charge is 0.446 e. The summed E-state index contributed by atoms with van der Waals surface area (Å²) in [5, 5.41) is 5.54. The van der Waals surface area contributed by atoms with E-state index in [0.717, 1.165) is 0 Å². The molecule has 0 aliphatic rings. The minimum absolute atomic E-state index is 1.32. The van der Waals surface area contributed by atoms with Gasteiger partial charge in [0.05, 0.1) is 0 Å². The fourth-order valence-corrected chi connectivity index (χ4v) is 11.6. The Morgan fingerprint density at radius 3 is 0.839 bits per heavy atom. The van der Waals surface area contributed by atoms with Crippen molar-refractivity contribution in [1.29, 1.82) is 0 Å². The molecule has 0 bridgehead atoms. The van der Waals surface area contributed by atoms with Crippen molar-refractivity contribution in [3.05, 3.63) is 119 Å². The summed E-state index contributed by atoms with van der Waals surface area (Å²) in [5.74, 6) is 0. The van der Waals surface area contributed by atoms with Crippen molar-refractivity contribution in [1.82, 2.24) is 0 Å². The Bertz CT molecular complexity index is 1000. The molecule has 0 aromatic heterocycles. The minimum Gasteiger partial charge on any atom is -0.446 e. The van der Waals surface area contributed by atoms with Crippen LogP contribution in [0.4, 0.5) is 0 Å². The lowest BCUT2D eigenvalue weighted by Gasteiger charge is -2.28. The van der Waals surface area contributed by atoms with Crippen LogP contribution in [0.5, 0.6) is 0 Å². The van der Waals surface area contributed by atoms with E-state index in [1.165, 1.54) is 43.0 Å². The summed E-state index contributed by atoms with van der Waals surface area (Å²) < 4.78 is 7.40. The first-order valence-electron chi connectivity index (χ1n) is 10.9. The number of benzene rings is 4. The van der Waals surface area contributed by atoms with Crippen molar-refractivity contribution in [2.24, 2.45) is 0 Å². The molecule has 4 rings (SSSR count). The second-order valence-corrected chi connectivity index (χ2v) is 13.4. The zero-order chi connectivity index (χ0) is 21.8. The fraction of sp³-hybridized carbons (Fsp3) is 0.143. The lowest BCUT2D eigenvalue weighted by molar-refractivity contribution is 0.632. The van der Waals surface area contributed by atoms with E-state index in [0.29, 0.717) is 0 Å². The standard InChI is InChI=1S/C28H30OSi2/c1-21-13-5-9-17-25(21)30(26-18-10-6-14-22(26)2)29-31(27-19-11-7-15-23(27)3)28-20-12-8-16-24(28)4/h5-20,30-31H,1-4H3. The lowest BCUT2D eigenvalue weighted by Crippen LogP contribution is -2.57. The van der Waals surface area contributed by atoms with Crippen LogP contribution in [-0.2, 0) is 4.12 Å². The molecule has 0 spiro atoms. The first-order valence-corrected chi connectivity index (χ1v) is 14.2. The molecule has 0 heterocycles. The smallest absolute Gasteiger partial charge is 0.229 e. The SMILES string of the molecule is Cc1ccccc1[SiH](O[SiH](c1ccccc1C)c1ccccc1C)c1ccccc1C. The third kappa shape index (κ3) is 4.64. The molecule has 0 saturated heterocycles. The summed E-state index contributed by atoms with van der Waals surface area (Å²) in [6.45, 7) is 8.87. The van der Waals surface area contributed by atoms with Crippen LogP contribution in [0.25, 0.3) is 0 Å². The van der Waals surface area contributed by atoms with Crippen LogP contribution in [-0.4, -0.2) is 18.1 Å². The molecule has 31 heavy (non-hydrogen) atoms. The molecule has 4 aromatic carbocycles. The summed E-state index contributed by atoms with van der Waals surface area (Å²) in [7, 11) is -3.81. The van der Waals surface area contributed by atoms with Gasteiger partial charge in [-0.1, -0.05) is 97.1 Å². The maximum absolute atomic E-state index is 7.40. The summed E-state index contributed by atoms with van der Waals surface area (Å²) in [6, 6.07) is 35.1. The highest BCUT2D eigenvalue weighted by molar-refractivity contribution is 6.92. The normalized spacial score (nSPS) is 11.3. The molecule has 0 saturated carbocycles. The highest BCUT2D eigenvalue weighted by atomic mass is 28.4. The molecule has 1 nitrogen and oxygen atoms in total.